The second kappa shape index (κ2) is 5.87. The van der Waals surface area contributed by atoms with Gasteiger partial charge in [0.15, 0.2) is 0 Å². The molecule has 0 spiro atoms. The fraction of sp³-hybridized carbons (Fsp3) is 0.250. The number of rotatable bonds is 4. The van der Waals surface area contributed by atoms with E-state index in [1.807, 2.05) is 48.5 Å². The van der Waals surface area contributed by atoms with Crippen molar-refractivity contribution in [2.24, 2.45) is 5.73 Å². The number of aliphatic hydroxyl groups excluding tert-OH is 1. The Balaban J connectivity index is 2.22. The zero-order valence-corrected chi connectivity index (χ0v) is 11.2. The number of hydrogen-bond acceptors (Lipinski definition) is 3. The molecule has 0 aliphatic carbocycles. The van der Waals surface area contributed by atoms with Gasteiger partial charge in [-0.05, 0) is 35.7 Å². The van der Waals surface area contributed by atoms with E-state index in [0.717, 1.165) is 22.4 Å². The average molecular weight is 257 g/mol. The molecule has 19 heavy (non-hydrogen) atoms. The Kier molecular flexibility index (Phi) is 4.20. The molecule has 0 bridgehead atoms. The molecular formula is C16H19NO2. The van der Waals surface area contributed by atoms with Crippen LogP contribution in [0.5, 0.6) is 5.75 Å². The molecule has 2 aromatic rings. The summed E-state index contributed by atoms with van der Waals surface area (Å²) < 4.78 is 5.14. The first-order chi connectivity index (χ1) is 9.11. The minimum atomic E-state index is -0.620. The number of benzene rings is 2. The minimum Gasteiger partial charge on any atom is -0.497 e. The van der Waals surface area contributed by atoms with Crippen LogP contribution in [0.4, 0.5) is 0 Å². The van der Waals surface area contributed by atoms with E-state index in [2.05, 4.69) is 0 Å². The normalized spacial score (nSPS) is 13.9. The van der Waals surface area contributed by atoms with Crippen LogP contribution in [-0.2, 0) is 0 Å². The highest BCUT2D eigenvalue weighted by atomic mass is 16.5. The van der Waals surface area contributed by atoms with Gasteiger partial charge in [0.05, 0.1) is 13.2 Å². The highest BCUT2D eigenvalue weighted by molar-refractivity contribution is 5.64. The third-order valence-electron chi connectivity index (χ3n) is 3.17. The molecule has 0 fully saturated rings. The lowest BCUT2D eigenvalue weighted by Gasteiger charge is -2.15. The van der Waals surface area contributed by atoms with Crippen molar-refractivity contribution in [1.82, 2.24) is 0 Å². The van der Waals surface area contributed by atoms with Crippen molar-refractivity contribution in [2.45, 2.75) is 19.1 Å². The predicted molar refractivity (Wildman–Crippen MR) is 77.0 cm³/mol. The molecule has 0 radical (unpaired) electrons. The maximum Gasteiger partial charge on any atom is 0.118 e. The van der Waals surface area contributed by atoms with Gasteiger partial charge in [-0.1, -0.05) is 36.4 Å². The van der Waals surface area contributed by atoms with E-state index >= 15 is 0 Å². The highest BCUT2D eigenvalue weighted by Gasteiger charge is 2.11. The summed E-state index contributed by atoms with van der Waals surface area (Å²) in [7, 11) is 1.65. The van der Waals surface area contributed by atoms with Gasteiger partial charge in [0, 0.05) is 6.04 Å². The molecule has 2 aromatic carbocycles. The summed E-state index contributed by atoms with van der Waals surface area (Å²) in [4.78, 5) is 0. The second-order valence-corrected chi connectivity index (χ2v) is 4.65. The Hall–Kier alpha value is -1.84. The van der Waals surface area contributed by atoms with Crippen molar-refractivity contribution >= 4 is 0 Å². The molecule has 2 rings (SSSR count). The number of nitrogens with two attached hydrogens (primary N) is 1. The summed E-state index contributed by atoms with van der Waals surface area (Å²) in [6, 6.07) is 15.4. The van der Waals surface area contributed by atoms with E-state index in [9.17, 15) is 5.11 Å². The van der Waals surface area contributed by atoms with Crippen LogP contribution in [-0.4, -0.2) is 18.3 Å². The molecule has 3 nitrogen and oxygen atoms in total. The average Bonchev–Trinajstić information content (AvgIpc) is 2.46. The SMILES string of the molecule is COc1ccc(-c2ccc(C(O)C(C)N)cc2)cc1. The van der Waals surface area contributed by atoms with Crippen molar-refractivity contribution in [1.29, 1.82) is 0 Å². The third kappa shape index (κ3) is 3.13. The van der Waals surface area contributed by atoms with Crippen LogP contribution in [0.15, 0.2) is 48.5 Å². The summed E-state index contributed by atoms with van der Waals surface area (Å²) in [5.74, 6) is 0.841. The van der Waals surface area contributed by atoms with Crippen LogP contribution >= 0.6 is 0 Å². The molecule has 0 aliphatic rings. The van der Waals surface area contributed by atoms with Gasteiger partial charge in [-0.25, -0.2) is 0 Å². The molecule has 2 atom stereocenters. The maximum atomic E-state index is 9.89. The summed E-state index contributed by atoms with van der Waals surface area (Å²) in [5.41, 5.74) is 8.74. The Morgan fingerprint density at radius 2 is 1.42 bits per heavy atom. The van der Waals surface area contributed by atoms with E-state index in [1.165, 1.54) is 0 Å². The maximum absolute atomic E-state index is 9.89. The van der Waals surface area contributed by atoms with Crippen LogP contribution in [0, 0.1) is 0 Å². The van der Waals surface area contributed by atoms with Gasteiger partial charge in [-0.3, -0.25) is 0 Å². The lowest BCUT2D eigenvalue weighted by molar-refractivity contribution is 0.153. The third-order valence-corrected chi connectivity index (χ3v) is 3.17. The Morgan fingerprint density at radius 3 is 1.84 bits per heavy atom. The monoisotopic (exact) mass is 257 g/mol. The first-order valence-corrected chi connectivity index (χ1v) is 6.30. The molecule has 0 aliphatic heterocycles. The van der Waals surface area contributed by atoms with Gasteiger partial charge in [-0.15, -0.1) is 0 Å². The van der Waals surface area contributed by atoms with Crippen LogP contribution in [0.1, 0.15) is 18.6 Å². The van der Waals surface area contributed by atoms with Crippen molar-refractivity contribution in [3.05, 3.63) is 54.1 Å². The first-order valence-electron chi connectivity index (χ1n) is 6.30. The Labute approximate surface area is 113 Å². The van der Waals surface area contributed by atoms with E-state index < -0.39 is 6.10 Å². The molecule has 0 aromatic heterocycles. The van der Waals surface area contributed by atoms with E-state index in [1.54, 1.807) is 14.0 Å². The van der Waals surface area contributed by atoms with Gasteiger partial charge in [0.25, 0.3) is 0 Å². The van der Waals surface area contributed by atoms with Gasteiger partial charge < -0.3 is 15.6 Å². The standard InChI is InChI=1S/C16H19NO2/c1-11(17)16(18)14-5-3-12(4-6-14)13-7-9-15(19-2)10-8-13/h3-11,16,18H,17H2,1-2H3. The molecule has 2 unspecified atom stereocenters. The van der Waals surface area contributed by atoms with Crippen LogP contribution in [0.3, 0.4) is 0 Å². The second-order valence-electron chi connectivity index (χ2n) is 4.65. The highest BCUT2D eigenvalue weighted by Crippen LogP contribution is 2.24. The molecule has 3 heteroatoms. The van der Waals surface area contributed by atoms with Gasteiger partial charge >= 0.3 is 0 Å². The van der Waals surface area contributed by atoms with E-state index in [4.69, 9.17) is 10.5 Å². The van der Waals surface area contributed by atoms with Crippen molar-refractivity contribution in [3.8, 4) is 16.9 Å². The number of methoxy groups -OCH3 is 1. The molecule has 0 saturated heterocycles. The number of hydrogen-bond donors (Lipinski definition) is 2. The van der Waals surface area contributed by atoms with Crippen molar-refractivity contribution < 1.29 is 9.84 Å². The molecule has 3 N–H and O–H groups in total. The molecule has 0 heterocycles. The minimum absolute atomic E-state index is 0.271. The smallest absolute Gasteiger partial charge is 0.118 e. The summed E-state index contributed by atoms with van der Waals surface area (Å²) >= 11 is 0. The molecule has 0 saturated carbocycles. The Morgan fingerprint density at radius 1 is 0.947 bits per heavy atom. The predicted octanol–water partition coefficient (Wildman–Crippen LogP) is 2.74. The topological polar surface area (TPSA) is 55.5 Å². The Bertz CT molecular complexity index is 517. The zero-order chi connectivity index (χ0) is 13.8. The van der Waals surface area contributed by atoms with Crippen LogP contribution in [0.2, 0.25) is 0 Å². The lowest BCUT2D eigenvalue weighted by atomic mass is 9.99. The van der Waals surface area contributed by atoms with Gasteiger partial charge in [0.1, 0.15) is 5.75 Å². The van der Waals surface area contributed by atoms with Crippen LogP contribution < -0.4 is 10.5 Å². The number of aliphatic hydroxyl groups is 1. The summed E-state index contributed by atoms with van der Waals surface area (Å²) in [6.45, 7) is 1.79. The van der Waals surface area contributed by atoms with E-state index in [0.29, 0.717) is 0 Å². The first kappa shape index (κ1) is 13.6. The van der Waals surface area contributed by atoms with Crippen molar-refractivity contribution in [2.75, 3.05) is 7.11 Å². The number of ether oxygens (including phenoxy) is 1. The van der Waals surface area contributed by atoms with Gasteiger partial charge in [-0.2, -0.15) is 0 Å². The van der Waals surface area contributed by atoms with E-state index in [-0.39, 0.29) is 6.04 Å². The summed E-state index contributed by atoms with van der Waals surface area (Å²) in [5, 5.41) is 9.89. The van der Waals surface area contributed by atoms with Gasteiger partial charge in [0.2, 0.25) is 0 Å². The largest absolute Gasteiger partial charge is 0.497 e. The fourth-order valence-corrected chi connectivity index (χ4v) is 1.96. The molecular weight excluding hydrogens is 238 g/mol. The molecule has 100 valence electrons. The lowest BCUT2D eigenvalue weighted by Crippen LogP contribution is -2.24. The van der Waals surface area contributed by atoms with Crippen LogP contribution in [0.25, 0.3) is 11.1 Å². The quantitative estimate of drug-likeness (QED) is 0.885. The van der Waals surface area contributed by atoms with Crippen molar-refractivity contribution in [3.63, 3.8) is 0 Å². The summed E-state index contributed by atoms with van der Waals surface area (Å²) in [6.07, 6.45) is -0.620. The zero-order valence-electron chi connectivity index (χ0n) is 11.2. The fourth-order valence-electron chi connectivity index (χ4n) is 1.96. The molecule has 0 amide bonds.